The number of aromatic nitrogens is 2. The van der Waals surface area contributed by atoms with Crippen molar-refractivity contribution in [3.8, 4) is 0 Å². The molecule has 1 aromatic rings. The topological polar surface area (TPSA) is 55.9 Å². The Morgan fingerprint density at radius 3 is 2.78 bits per heavy atom. The molecule has 1 aliphatic rings. The van der Waals surface area contributed by atoms with Crippen LogP contribution in [0.4, 0.5) is 0 Å². The zero-order valence-electron chi connectivity index (χ0n) is 11.6. The third-order valence-corrected chi connectivity index (χ3v) is 4.39. The van der Waals surface area contributed by atoms with Gasteiger partial charge in [-0.25, -0.2) is 4.98 Å². The molecule has 1 saturated carbocycles. The second-order valence-electron chi connectivity index (χ2n) is 5.63. The van der Waals surface area contributed by atoms with Crippen LogP contribution in [0.15, 0.2) is 12.4 Å². The maximum absolute atomic E-state index is 5.76. The van der Waals surface area contributed by atoms with E-state index in [1.165, 1.54) is 25.7 Å². The summed E-state index contributed by atoms with van der Waals surface area (Å²) in [4.78, 5) is 4.45. The van der Waals surface area contributed by atoms with E-state index in [1.807, 2.05) is 12.4 Å². The molecule has 0 aromatic carbocycles. The van der Waals surface area contributed by atoms with Gasteiger partial charge in [0.1, 0.15) is 5.82 Å². The largest absolute Gasteiger partial charge is 0.335 e. The molecule has 0 amide bonds. The molecule has 4 nitrogen and oxygen atoms in total. The molecule has 0 bridgehead atoms. The molecule has 4 heteroatoms. The lowest BCUT2D eigenvalue weighted by molar-refractivity contribution is 0.227. The highest BCUT2D eigenvalue weighted by Gasteiger charge is 2.26. The Balaban J connectivity index is 1.97. The first kappa shape index (κ1) is 13.6. The van der Waals surface area contributed by atoms with E-state index in [1.54, 1.807) is 0 Å². The van der Waals surface area contributed by atoms with E-state index >= 15 is 0 Å². The van der Waals surface area contributed by atoms with E-state index < -0.39 is 0 Å². The lowest BCUT2D eigenvalue weighted by Crippen LogP contribution is -2.44. The number of hydrogen-bond acceptors (Lipinski definition) is 3. The Morgan fingerprint density at radius 1 is 1.44 bits per heavy atom. The molecular weight excluding hydrogens is 224 g/mol. The Hall–Kier alpha value is -0.870. The van der Waals surface area contributed by atoms with Crippen molar-refractivity contribution in [2.75, 3.05) is 0 Å². The zero-order valence-corrected chi connectivity index (χ0v) is 11.6. The van der Waals surface area contributed by atoms with Crippen molar-refractivity contribution in [2.24, 2.45) is 17.7 Å². The van der Waals surface area contributed by atoms with Gasteiger partial charge < -0.3 is 4.57 Å². The van der Waals surface area contributed by atoms with Gasteiger partial charge in [-0.15, -0.1) is 0 Å². The average Bonchev–Trinajstić information content (AvgIpc) is 2.84. The van der Waals surface area contributed by atoms with E-state index in [0.29, 0.717) is 12.0 Å². The van der Waals surface area contributed by atoms with Crippen LogP contribution in [0.3, 0.4) is 0 Å². The van der Waals surface area contributed by atoms with Crippen LogP contribution >= 0.6 is 0 Å². The smallest absolute Gasteiger partial charge is 0.110 e. The van der Waals surface area contributed by atoms with Gasteiger partial charge in [0.15, 0.2) is 0 Å². The highest BCUT2D eigenvalue weighted by Crippen LogP contribution is 2.31. The molecule has 0 spiro atoms. The normalized spacial score (nSPS) is 26.2. The van der Waals surface area contributed by atoms with Crippen LogP contribution in [0, 0.1) is 11.8 Å². The van der Waals surface area contributed by atoms with E-state index in [4.69, 9.17) is 5.84 Å². The van der Waals surface area contributed by atoms with Crippen molar-refractivity contribution in [1.82, 2.24) is 15.0 Å². The molecule has 102 valence electrons. The maximum atomic E-state index is 5.76. The fourth-order valence-electron chi connectivity index (χ4n) is 3.06. The summed E-state index contributed by atoms with van der Waals surface area (Å²) in [6.45, 7) is 5.48. The minimum absolute atomic E-state index is 0.366. The van der Waals surface area contributed by atoms with Gasteiger partial charge in [0, 0.05) is 31.4 Å². The van der Waals surface area contributed by atoms with Crippen molar-refractivity contribution in [3.63, 3.8) is 0 Å². The van der Waals surface area contributed by atoms with Gasteiger partial charge in [-0.05, 0) is 31.6 Å². The summed E-state index contributed by atoms with van der Waals surface area (Å²) in [6, 6.07) is 0.366. The van der Waals surface area contributed by atoms with Gasteiger partial charge in [-0.3, -0.25) is 11.3 Å². The van der Waals surface area contributed by atoms with Crippen molar-refractivity contribution < 1.29 is 0 Å². The first-order valence-corrected chi connectivity index (χ1v) is 7.20. The van der Waals surface area contributed by atoms with Crippen molar-refractivity contribution >= 4 is 0 Å². The van der Waals surface area contributed by atoms with Crippen LogP contribution in [-0.4, -0.2) is 15.6 Å². The molecule has 1 unspecified atom stereocenters. The number of nitrogens with one attached hydrogen (secondary N) is 1. The lowest BCUT2D eigenvalue weighted by atomic mass is 9.78. The summed E-state index contributed by atoms with van der Waals surface area (Å²) >= 11 is 0. The Morgan fingerprint density at radius 2 is 2.17 bits per heavy atom. The summed E-state index contributed by atoms with van der Waals surface area (Å²) in [5, 5.41) is 0. The summed E-state index contributed by atoms with van der Waals surface area (Å²) < 4.78 is 2.20. The second-order valence-corrected chi connectivity index (χ2v) is 5.63. The minimum Gasteiger partial charge on any atom is -0.335 e. The van der Waals surface area contributed by atoms with Crippen LogP contribution < -0.4 is 11.3 Å². The maximum Gasteiger partial charge on any atom is 0.110 e. The van der Waals surface area contributed by atoms with E-state index in [0.717, 1.165) is 24.7 Å². The molecule has 2 rings (SSSR count). The van der Waals surface area contributed by atoms with Crippen LogP contribution in [0.1, 0.15) is 45.4 Å². The third-order valence-electron chi connectivity index (χ3n) is 4.39. The fourth-order valence-corrected chi connectivity index (χ4v) is 3.06. The average molecular weight is 250 g/mol. The van der Waals surface area contributed by atoms with Gasteiger partial charge in [0.2, 0.25) is 0 Å². The molecule has 0 aliphatic heterocycles. The number of nitrogens with two attached hydrogens (primary N) is 1. The highest BCUT2D eigenvalue weighted by atomic mass is 15.2. The SMILES string of the molecule is CCn1ccnc1CC(NN)C1CCC(C)CC1. The molecule has 1 aliphatic carbocycles. The van der Waals surface area contributed by atoms with Gasteiger partial charge in [-0.2, -0.15) is 0 Å². The second kappa shape index (κ2) is 6.34. The quantitative estimate of drug-likeness (QED) is 0.621. The summed E-state index contributed by atoms with van der Waals surface area (Å²) in [5.41, 5.74) is 3.02. The number of nitrogens with zero attached hydrogens (tertiary/aromatic N) is 2. The van der Waals surface area contributed by atoms with Gasteiger partial charge in [0.25, 0.3) is 0 Å². The molecule has 1 fully saturated rings. The molecule has 0 saturated heterocycles. The zero-order chi connectivity index (χ0) is 13.0. The van der Waals surface area contributed by atoms with E-state index in [2.05, 4.69) is 28.8 Å². The number of imidazole rings is 1. The summed E-state index contributed by atoms with van der Waals surface area (Å²) in [5.74, 6) is 8.50. The van der Waals surface area contributed by atoms with Crippen LogP contribution in [-0.2, 0) is 13.0 Å². The standard InChI is InChI=1S/C14H26N4/c1-3-18-9-8-16-14(18)10-13(17-15)12-6-4-11(2)5-7-12/h8-9,11-13,17H,3-7,10,15H2,1-2H3. The predicted molar refractivity (Wildman–Crippen MR) is 73.8 cm³/mol. The predicted octanol–water partition coefficient (Wildman–Crippen LogP) is 2.10. The van der Waals surface area contributed by atoms with Gasteiger partial charge >= 0.3 is 0 Å². The molecule has 1 aromatic heterocycles. The fraction of sp³-hybridized carbons (Fsp3) is 0.786. The van der Waals surface area contributed by atoms with Crippen LogP contribution in [0.5, 0.6) is 0 Å². The van der Waals surface area contributed by atoms with Gasteiger partial charge in [0.05, 0.1) is 0 Å². The molecular formula is C14H26N4. The number of aryl methyl sites for hydroxylation is 1. The molecule has 0 radical (unpaired) electrons. The third kappa shape index (κ3) is 3.12. The van der Waals surface area contributed by atoms with Crippen molar-refractivity contribution in [3.05, 3.63) is 18.2 Å². The Labute approximate surface area is 110 Å². The Bertz CT molecular complexity index is 352. The van der Waals surface area contributed by atoms with E-state index in [-0.39, 0.29) is 0 Å². The summed E-state index contributed by atoms with van der Waals surface area (Å²) in [6.07, 6.45) is 10.1. The monoisotopic (exact) mass is 250 g/mol. The first-order valence-electron chi connectivity index (χ1n) is 7.20. The number of hydrazine groups is 1. The van der Waals surface area contributed by atoms with Gasteiger partial charge in [-0.1, -0.05) is 19.8 Å². The minimum atomic E-state index is 0.366. The Kier molecular flexibility index (Phi) is 4.78. The summed E-state index contributed by atoms with van der Waals surface area (Å²) in [7, 11) is 0. The van der Waals surface area contributed by atoms with E-state index in [9.17, 15) is 0 Å². The van der Waals surface area contributed by atoms with Crippen molar-refractivity contribution in [1.29, 1.82) is 0 Å². The molecule has 18 heavy (non-hydrogen) atoms. The highest BCUT2D eigenvalue weighted by molar-refractivity contribution is 4.97. The number of rotatable bonds is 5. The van der Waals surface area contributed by atoms with Crippen molar-refractivity contribution in [2.45, 2.75) is 58.5 Å². The number of hydrogen-bond donors (Lipinski definition) is 2. The lowest BCUT2D eigenvalue weighted by Gasteiger charge is -2.32. The van der Waals surface area contributed by atoms with Crippen LogP contribution in [0.2, 0.25) is 0 Å². The molecule has 1 atom stereocenters. The molecule has 1 heterocycles. The van der Waals surface area contributed by atoms with Crippen LogP contribution in [0.25, 0.3) is 0 Å². The first-order chi connectivity index (χ1) is 8.74. The molecule has 3 N–H and O–H groups in total.